The first-order chi connectivity index (χ1) is 9.58. The number of imidazole rings is 1. The van der Waals surface area contributed by atoms with Crippen molar-refractivity contribution in [3.05, 3.63) is 52.5 Å². The van der Waals surface area contributed by atoms with Crippen molar-refractivity contribution in [2.24, 2.45) is 0 Å². The summed E-state index contributed by atoms with van der Waals surface area (Å²) in [7, 11) is 0. The molecule has 0 saturated carbocycles. The molecule has 3 nitrogen and oxygen atoms in total. The molecule has 0 unspecified atom stereocenters. The van der Waals surface area contributed by atoms with Crippen LogP contribution in [0.25, 0.3) is 16.7 Å². The number of nitrogen functional groups attached to an aromatic ring is 1. The van der Waals surface area contributed by atoms with E-state index in [1.54, 1.807) is 0 Å². The van der Waals surface area contributed by atoms with Crippen LogP contribution in [-0.4, -0.2) is 9.55 Å². The van der Waals surface area contributed by atoms with E-state index >= 15 is 0 Å². The van der Waals surface area contributed by atoms with Crippen molar-refractivity contribution in [3.8, 4) is 5.69 Å². The van der Waals surface area contributed by atoms with E-state index in [0.717, 1.165) is 21.2 Å². The normalized spacial score (nSPS) is 11.4. The summed E-state index contributed by atoms with van der Waals surface area (Å²) in [6.07, 6.45) is 0. The van der Waals surface area contributed by atoms with Gasteiger partial charge in [0, 0.05) is 4.47 Å². The van der Waals surface area contributed by atoms with Crippen molar-refractivity contribution >= 4 is 32.9 Å². The molecular weight excluding hydrogens is 314 g/mol. The van der Waals surface area contributed by atoms with Gasteiger partial charge in [-0.2, -0.15) is 0 Å². The fourth-order valence-electron chi connectivity index (χ4n) is 2.36. The van der Waals surface area contributed by atoms with Gasteiger partial charge in [0.05, 0.1) is 16.7 Å². The highest BCUT2D eigenvalue weighted by Crippen LogP contribution is 2.30. The zero-order valence-electron chi connectivity index (χ0n) is 11.5. The van der Waals surface area contributed by atoms with Gasteiger partial charge < -0.3 is 5.73 Å². The minimum absolute atomic E-state index is 0.497. The zero-order valence-corrected chi connectivity index (χ0v) is 13.1. The van der Waals surface area contributed by atoms with Crippen LogP contribution in [0.1, 0.15) is 25.3 Å². The largest absolute Gasteiger partial charge is 0.369 e. The third-order valence-corrected chi connectivity index (χ3v) is 4.10. The zero-order chi connectivity index (χ0) is 14.3. The second kappa shape index (κ2) is 4.94. The van der Waals surface area contributed by atoms with Gasteiger partial charge in [-0.3, -0.25) is 4.57 Å². The number of rotatable bonds is 2. The van der Waals surface area contributed by atoms with Crippen LogP contribution in [0.2, 0.25) is 0 Å². The molecule has 0 spiro atoms. The van der Waals surface area contributed by atoms with Gasteiger partial charge in [0.2, 0.25) is 5.95 Å². The Kier molecular flexibility index (Phi) is 3.26. The predicted molar refractivity (Wildman–Crippen MR) is 87.3 cm³/mol. The number of anilines is 1. The van der Waals surface area contributed by atoms with Crippen LogP contribution in [-0.2, 0) is 0 Å². The summed E-state index contributed by atoms with van der Waals surface area (Å²) >= 11 is 3.65. The number of aromatic nitrogens is 2. The van der Waals surface area contributed by atoms with Gasteiger partial charge >= 0.3 is 0 Å². The van der Waals surface area contributed by atoms with Crippen LogP contribution < -0.4 is 5.73 Å². The Bertz CT molecular complexity index is 774. The molecule has 3 rings (SSSR count). The van der Waals surface area contributed by atoms with Gasteiger partial charge in [-0.05, 0) is 51.7 Å². The fourth-order valence-corrected chi connectivity index (χ4v) is 2.94. The first kappa shape index (κ1) is 13.2. The summed E-state index contributed by atoms with van der Waals surface area (Å²) in [4.78, 5) is 4.41. The van der Waals surface area contributed by atoms with E-state index in [4.69, 9.17) is 5.73 Å². The van der Waals surface area contributed by atoms with Crippen molar-refractivity contribution in [2.45, 2.75) is 19.8 Å². The maximum atomic E-state index is 6.08. The molecule has 0 radical (unpaired) electrons. The van der Waals surface area contributed by atoms with Crippen molar-refractivity contribution in [2.75, 3.05) is 5.73 Å². The van der Waals surface area contributed by atoms with Crippen molar-refractivity contribution < 1.29 is 0 Å². The lowest BCUT2D eigenvalue weighted by atomic mass is 10.0. The minimum atomic E-state index is 0.497. The van der Waals surface area contributed by atoms with Gasteiger partial charge in [0.15, 0.2) is 0 Å². The van der Waals surface area contributed by atoms with Gasteiger partial charge in [-0.1, -0.05) is 32.0 Å². The second-order valence-electron chi connectivity index (χ2n) is 5.16. The molecule has 0 saturated heterocycles. The number of hydrogen-bond acceptors (Lipinski definition) is 2. The molecular formula is C16H16BrN3. The lowest BCUT2D eigenvalue weighted by Gasteiger charge is -2.12. The van der Waals surface area contributed by atoms with Gasteiger partial charge in [0.25, 0.3) is 0 Å². The number of nitrogens with two attached hydrogens (primary N) is 1. The molecule has 4 heteroatoms. The fraction of sp³-hybridized carbons (Fsp3) is 0.188. The molecule has 20 heavy (non-hydrogen) atoms. The van der Waals surface area contributed by atoms with Gasteiger partial charge in [-0.15, -0.1) is 0 Å². The number of nitrogens with zero attached hydrogens (tertiary/aromatic N) is 2. The predicted octanol–water partition coefficient (Wildman–Crippen LogP) is 4.49. The molecule has 0 bridgehead atoms. The highest BCUT2D eigenvalue weighted by Gasteiger charge is 2.12. The first-order valence-corrected chi connectivity index (χ1v) is 7.40. The highest BCUT2D eigenvalue weighted by molar-refractivity contribution is 9.10. The van der Waals surface area contributed by atoms with Crippen molar-refractivity contribution in [1.29, 1.82) is 0 Å². The van der Waals surface area contributed by atoms with Crippen molar-refractivity contribution in [1.82, 2.24) is 9.55 Å². The summed E-state index contributed by atoms with van der Waals surface area (Å²) in [6.45, 7) is 4.37. The Morgan fingerprint density at radius 1 is 1.15 bits per heavy atom. The van der Waals surface area contributed by atoms with E-state index in [1.807, 2.05) is 28.8 Å². The molecule has 0 atom stereocenters. The molecule has 0 fully saturated rings. The molecule has 0 aliphatic rings. The van der Waals surface area contributed by atoms with Crippen LogP contribution in [0.15, 0.2) is 46.9 Å². The summed E-state index contributed by atoms with van der Waals surface area (Å²) in [6, 6.07) is 14.3. The summed E-state index contributed by atoms with van der Waals surface area (Å²) in [5, 5.41) is 0. The number of para-hydroxylation sites is 2. The number of benzene rings is 2. The van der Waals surface area contributed by atoms with E-state index in [0.29, 0.717) is 11.9 Å². The van der Waals surface area contributed by atoms with Crippen LogP contribution >= 0.6 is 15.9 Å². The molecule has 2 aromatic carbocycles. The Morgan fingerprint density at radius 3 is 2.60 bits per heavy atom. The average molecular weight is 330 g/mol. The van der Waals surface area contributed by atoms with Crippen LogP contribution in [0, 0.1) is 0 Å². The molecule has 2 N–H and O–H groups in total. The summed E-state index contributed by atoms with van der Waals surface area (Å²) in [5.74, 6) is 1.00. The number of hydrogen-bond donors (Lipinski definition) is 1. The Morgan fingerprint density at radius 2 is 1.90 bits per heavy atom. The van der Waals surface area contributed by atoms with Crippen molar-refractivity contribution in [3.63, 3.8) is 0 Å². The Balaban J connectivity index is 2.23. The van der Waals surface area contributed by atoms with E-state index in [2.05, 4.69) is 53.0 Å². The highest BCUT2D eigenvalue weighted by atomic mass is 79.9. The maximum absolute atomic E-state index is 6.08. The molecule has 102 valence electrons. The lowest BCUT2D eigenvalue weighted by Crippen LogP contribution is -2.02. The SMILES string of the molecule is CC(C)c1ccc(-n2c(N)nc3ccccc32)c(Br)c1. The maximum Gasteiger partial charge on any atom is 0.205 e. The number of halogens is 1. The Hall–Kier alpha value is -1.81. The molecule has 1 aromatic heterocycles. The summed E-state index contributed by atoms with van der Waals surface area (Å²) < 4.78 is 3.00. The summed E-state index contributed by atoms with van der Waals surface area (Å²) in [5.41, 5.74) is 10.3. The smallest absolute Gasteiger partial charge is 0.205 e. The van der Waals surface area contributed by atoms with E-state index < -0.39 is 0 Å². The van der Waals surface area contributed by atoms with Crippen LogP contribution in [0.3, 0.4) is 0 Å². The van der Waals surface area contributed by atoms with E-state index in [9.17, 15) is 0 Å². The van der Waals surface area contributed by atoms with Gasteiger partial charge in [0.1, 0.15) is 0 Å². The lowest BCUT2D eigenvalue weighted by molar-refractivity contribution is 0.864. The third-order valence-electron chi connectivity index (χ3n) is 3.47. The molecule has 0 aliphatic heterocycles. The topological polar surface area (TPSA) is 43.8 Å². The van der Waals surface area contributed by atoms with Gasteiger partial charge in [-0.25, -0.2) is 4.98 Å². The quantitative estimate of drug-likeness (QED) is 0.752. The number of fused-ring (bicyclic) bond motifs is 1. The molecule has 0 aliphatic carbocycles. The van der Waals surface area contributed by atoms with E-state index in [-0.39, 0.29) is 0 Å². The molecule has 3 aromatic rings. The second-order valence-corrected chi connectivity index (χ2v) is 6.01. The molecule has 1 heterocycles. The van der Waals surface area contributed by atoms with Crippen LogP contribution in [0.5, 0.6) is 0 Å². The molecule has 0 amide bonds. The standard InChI is InChI=1S/C16H16BrN3/c1-10(2)11-7-8-14(12(17)9-11)20-15-6-4-3-5-13(15)19-16(20)18/h3-10H,1-2H3,(H2,18,19). The first-order valence-electron chi connectivity index (χ1n) is 6.60. The van der Waals surface area contributed by atoms with Crippen LogP contribution in [0.4, 0.5) is 5.95 Å². The minimum Gasteiger partial charge on any atom is -0.369 e. The third kappa shape index (κ3) is 2.10. The Labute approximate surface area is 126 Å². The van der Waals surface area contributed by atoms with E-state index in [1.165, 1.54) is 5.56 Å². The average Bonchev–Trinajstić information content (AvgIpc) is 2.74. The monoisotopic (exact) mass is 329 g/mol.